The Morgan fingerprint density at radius 1 is 1.80 bits per heavy atom. The van der Waals surface area contributed by atoms with Gasteiger partial charge in [-0.25, -0.2) is 0 Å². The Kier molecular flexibility index (Phi) is 7.65. The van der Waals surface area contributed by atoms with Crippen LogP contribution >= 0.6 is 21.6 Å². The van der Waals surface area contributed by atoms with Gasteiger partial charge in [0, 0.05) is 0 Å². The van der Waals surface area contributed by atoms with E-state index in [2.05, 4.69) is 6.58 Å². The first-order valence-corrected chi connectivity index (χ1v) is 1.44. The molecule has 32 valence electrons. The van der Waals surface area contributed by atoms with Crippen molar-refractivity contribution < 1.29 is 5.11 Å². The molecule has 1 N–H and O–H groups in total. The largest absolute Gasteiger partial charge is 0.509 e. The molecule has 0 saturated carbocycles. The van der Waals surface area contributed by atoms with Gasteiger partial charge in [-0.15, -0.1) is 12.4 Å². The molecule has 5 heavy (non-hydrogen) atoms. The fraction of sp³-hybridized carbons (Fsp3) is 0. The maximum atomic E-state index is 7.82. The summed E-state index contributed by atoms with van der Waals surface area (Å²) >= 11 is 0. The molecule has 3 heteroatoms. The van der Waals surface area contributed by atoms with Crippen molar-refractivity contribution in [3.63, 3.8) is 0 Å². The monoisotopic (exact) mass is 112 g/mol. The molecule has 0 heterocycles. The van der Waals surface area contributed by atoms with Gasteiger partial charge in [0.1, 0.15) is 5.50 Å². The third-order valence-corrected chi connectivity index (χ3v) is 0. The first-order chi connectivity index (χ1) is 1.73. The topological polar surface area (TPSA) is 20.2 Å². The van der Waals surface area contributed by atoms with Crippen LogP contribution in [0.3, 0.4) is 0 Å². The minimum Gasteiger partial charge on any atom is -0.509 e. The summed E-state index contributed by atoms with van der Waals surface area (Å²) in [7, 11) is 2.02. The van der Waals surface area contributed by atoms with E-state index in [-0.39, 0.29) is 17.9 Å². The minimum absolute atomic E-state index is 0. The van der Waals surface area contributed by atoms with E-state index in [1.54, 1.807) is 0 Å². The SMILES string of the molecule is C=C(O)P.Cl. The van der Waals surface area contributed by atoms with Crippen molar-refractivity contribution in [2.24, 2.45) is 0 Å². The van der Waals surface area contributed by atoms with E-state index in [1.165, 1.54) is 0 Å². The zero-order valence-electron chi connectivity index (χ0n) is 2.64. The summed E-state index contributed by atoms with van der Waals surface area (Å²) in [4.78, 5) is 0. The highest BCUT2D eigenvalue weighted by Gasteiger charge is 1.53. The second-order valence-corrected chi connectivity index (χ2v) is 1.16. The molecule has 0 aliphatic carbocycles. The van der Waals surface area contributed by atoms with E-state index in [1.807, 2.05) is 9.24 Å². The van der Waals surface area contributed by atoms with E-state index in [0.717, 1.165) is 0 Å². The predicted molar refractivity (Wildman–Crippen MR) is 28.7 cm³/mol. The predicted octanol–water partition coefficient (Wildman–Crippen LogP) is 1.31. The lowest BCUT2D eigenvalue weighted by Crippen LogP contribution is -1.45. The summed E-state index contributed by atoms with van der Waals surface area (Å²) in [5, 5.41) is 7.82. The number of hydrogen-bond donors (Lipinski definition) is 1. The first-order valence-electron chi connectivity index (χ1n) is 0.866. The molecular formula is C2H6ClOP. The summed E-state index contributed by atoms with van der Waals surface area (Å²) in [5.74, 6) is 0. The van der Waals surface area contributed by atoms with Gasteiger partial charge in [0.05, 0.1) is 0 Å². The average molecular weight is 112 g/mol. The van der Waals surface area contributed by atoms with E-state index >= 15 is 0 Å². The molecule has 0 radical (unpaired) electrons. The van der Waals surface area contributed by atoms with Crippen molar-refractivity contribution in [2.45, 2.75) is 0 Å². The van der Waals surface area contributed by atoms with Crippen molar-refractivity contribution in [1.82, 2.24) is 0 Å². The van der Waals surface area contributed by atoms with Crippen molar-refractivity contribution in [3.05, 3.63) is 12.1 Å². The van der Waals surface area contributed by atoms with Crippen molar-refractivity contribution in [2.75, 3.05) is 0 Å². The zero-order chi connectivity index (χ0) is 3.58. The van der Waals surface area contributed by atoms with E-state index < -0.39 is 0 Å². The van der Waals surface area contributed by atoms with Crippen molar-refractivity contribution in [1.29, 1.82) is 0 Å². The van der Waals surface area contributed by atoms with Crippen LogP contribution in [0.25, 0.3) is 0 Å². The Labute approximate surface area is 39.7 Å². The molecule has 1 unspecified atom stereocenters. The third-order valence-electron chi connectivity index (χ3n) is 0. The molecule has 0 spiro atoms. The maximum Gasteiger partial charge on any atom is 0.101 e. The molecule has 0 saturated heterocycles. The lowest BCUT2D eigenvalue weighted by Gasteiger charge is -1.68. The number of aliphatic hydroxyl groups is 1. The van der Waals surface area contributed by atoms with Crippen LogP contribution in [0.15, 0.2) is 12.1 Å². The Morgan fingerprint density at radius 3 is 1.80 bits per heavy atom. The van der Waals surface area contributed by atoms with Crippen LogP contribution in [0.2, 0.25) is 0 Å². The van der Waals surface area contributed by atoms with Crippen LogP contribution in [0.5, 0.6) is 0 Å². The second kappa shape index (κ2) is 4.26. The first kappa shape index (κ1) is 8.98. The number of halogens is 1. The number of rotatable bonds is 0. The highest BCUT2D eigenvalue weighted by atomic mass is 35.5. The van der Waals surface area contributed by atoms with Crippen molar-refractivity contribution >= 4 is 21.6 Å². The van der Waals surface area contributed by atoms with E-state index in [0.29, 0.717) is 0 Å². The quantitative estimate of drug-likeness (QED) is 0.370. The van der Waals surface area contributed by atoms with Gasteiger partial charge < -0.3 is 5.11 Å². The molecule has 0 rings (SSSR count). The summed E-state index contributed by atoms with van der Waals surface area (Å²) in [6.07, 6.45) is 0. The molecular weight excluding hydrogens is 106 g/mol. The maximum absolute atomic E-state index is 7.82. The van der Waals surface area contributed by atoms with Gasteiger partial charge in [0.2, 0.25) is 0 Å². The van der Waals surface area contributed by atoms with Crippen LogP contribution in [-0.2, 0) is 0 Å². The minimum atomic E-state index is 0. The fourth-order valence-electron chi connectivity index (χ4n) is 0. The highest BCUT2D eigenvalue weighted by Crippen LogP contribution is 1.88. The van der Waals surface area contributed by atoms with E-state index in [9.17, 15) is 0 Å². The lowest BCUT2D eigenvalue weighted by molar-refractivity contribution is 0.459. The van der Waals surface area contributed by atoms with Gasteiger partial charge in [-0.2, -0.15) is 0 Å². The van der Waals surface area contributed by atoms with Gasteiger partial charge in [-0.05, 0) is 0 Å². The van der Waals surface area contributed by atoms with Crippen LogP contribution in [0, 0.1) is 0 Å². The standard InChI is InChI=1S/C2H5OP.ClH/c1-2(3)4;/h3H,1,4H2;1H. The lowest BCUT2D eigenvalue weighted by atomic mass is 11.2. The van der Waals surface area contributed by atoms with Crippen LogP contribution < -0.4 is 0 Å². The number of aliphatic hydroxyl groups excluding tert-OH is 1. The molecule has 0 aromatic carbocycles. The zero-order valence-corrected chi connectivity index (χ0v) is 4.61. The average Bonchev–Trinajstić information content (AvgIpc) is 0.811. The summed E-state index contributed by atoms with van der Waals surface area (Å²) in [6, 6.07) is 0. The highest BCUT2D eigenvalue weighted by molar-refractivity contribution is 7.21. The second-order valence-electron chi connectivity index (χ2n) is 0.491. The Hall–Kier alpha value is 0.260. The molecule has 0 aliphatic rings. The molecule has 0 aromatic rings. The molecule has 0 bridgehead atoms. The number of hydrogen-bond acceptors (Lipinski definition) is 1. The van der Waals surface area contributed by atoms with Gasteiger partial charge in [-0.3, -0.25) is 0 Å². The molecule has 0 aliphatic heterocycles. The molecule has 1 atom stereocenters. The third kappa shape index (κ3) is 322. The van der Waals surface area contributed by atoms with Crippen LogP contribution in [0.1, 0.15) is 0 Å². The van der Waals surface area contributed by atoms with Crippen molar-refractivity contribution in [3.8, 4) is 0 Å². The molecule has 0 fully saturated rings. The van der Waals surface area contributed by atoms with E-state index in [4.69, 9.17) is 5.11 Å². The van der Waals surface area contributed by atoms with Gasteiger partial charge >= 0.3 is 0 Å². The summed E-state index contributed by atoms with van der Waals surface area (Å²) in [6.45, 7) is 3.07. The fourth-order valence-corrected chi connectivity index (χ4v) is 0. The summed E-state index contributed by atoms with van der Waals surface area (Å²) < 4.78 is 0. The molecule has 1 nitrogen and oxygen atoms in total. The van der Waals surface area contributed by atoms with Crippen LogP contribution in [-0.4, -0.2) is 5.11 Å². The smallest absolute Gasteiger partial charge is 0.101 e. The van der Waals surface area contributed by atoms with Crippen LogP contribution in [0.4, 0.5) is 0 Å². The van der Waals surface area contributed by atoms with Gasteiger partial charge in [0.25, 0.3) is 0 Å². The molecule has 0 aromatic heterocycles. The Balaban J connectivity index is 0. The Bertz CT molecular complexity index is 32.6. The summed E-state index contributed by atoms with van der Waals surface area (Å²) in [5.41, 5.74) is 0.0833. The normalized spacial score (nSPS) is 5.00. The van der Waals surface area contributed by atoms with Gasteiger partial charge in [0.15, 0.2) is 0 Å². The molecule has 0 amide bonds. The van der Waals surface area contributed by atoms with Gasteiger partial charge in [-0.1, -0.05) is 15.8 Å². The Morgan fingerprint density at radius 2 is 1.80 bits per heavy atom.